The Morgan fingerprint density at radius 3 is 2.29 bits per heavy atom. The van der Waals surface area contributed by atoms with Crippen molar-refractivity contribution in [3.63, 3.8) is 0 Å². The van der Waals surface area contributed by atoms with Crippen molar-refractivity contribution in [2.45, 2.75) is 45.3 Å². The van der Waals surface area contributed by atoms with Crippen molar-refractivity contribution in [2.24, 2.45) is 0 Å². The van der Waals surface area contributed by atoms with E-state index in [9.17, 15) is 17.6 Å². The second-order valence-corrected chi connectivity index (χ2v) is 9.81. The molecule has 2 aromatic carbocycles. The van der Waals surface area contributed by atoms with Crippen molar-refractivity contribution in [2.75, 3.05) is 23.7 Å². The van der Waals surface area contributed by atoms with Crippen molar-refractivity contribution in [1.82, 2.24) is 10.2 Å². The van der Waals surface area contributed by atoms with Crippen LogP contribution >= 0.6 is 0 Å². The molecule has 168 valence electrons. The number of sulfonamides is 1. The zero-order valence-corrected chi connectivity index (χ0v) is 18.9. The Balaban J connectivity index is 1.67. The third-order valence-corrected chi connectivity index (χ3v) is 6.68. The third kappa shape index (κ3) is 6.04. The molecular formula is C23H30FN3O3S. The van der Waals surface area contributed by atoms with Crippen LogP contribution in [0.15, 0.2) is 48.5 Å². The monoisotopic (exact) mass is 447 g/mol. The fourth-order valence-corrected chi connectivity index (χ4v) is 5.15. The molecule has 1 fully saturated rings. The summed E-state index contributed by atoms with van der Waals surface area (Å²) in [4.78, 5) is 15.3. The SMILES string of the molecule is CCC(C(=O)NCc1ccc(CN2CCCC2)cc1)N(c1ccccc1F)S(C)(=O)=O. The lowest BCUT2D eigenvalue weighted by Gasteiger charge is -2.30. The van der Waals surface area contributed by atoms with Crippen molar-refractivity contribution in [1.29, 1.82) is 0 Å². The molecule has 0 spiro atoms. The van der Waals surface area contributed by atoms with E-state index in [0.29, 0.717) is 0 Å². The van der Waals surface area contributed by atoms with Gasteiger partial charge in [-0.3, -0.25) is 14.0 Å². The number of rotatable bonds is 9. The molecule has 1 atom stereocenters. The molecule has 0 saturated carbocycles. The largest absolute Gasteiger partial charge is 0.350 e. The molecule has 1 aliphatic rings. The van der Waals surface area contributed by atoms with Gasteiger partial charge >= 0.3 is 0 Å². The summed E-state index contributed by atoms with van der Waals surface area (Å²) in [6.07, 6.45) is 3.69. The molecule has 0 bridgehead atoms. The van der Waals surface area contributed by atoms with Crippen LogP contribution < -0.4 is 9.62 Å². The summed E-state index contributed by atoms with van der Waals surface area (Å²) < 4.78 is 40.0. The Morgan fingerprint density at radius 1 is 1.10 bits per heavy atom. The van der Waals surface area contributed by atoms with Crippen LogP contribution in [0.5, 0.6) is 0 Å². The zero-order valence-electron chi connectivity index (χ0n) is 18.1. The van der Waals surface area contributed by atoms with Crippen LogP contribution in [0.1, 0.15) is 37.3 Å². The van der Waals surface area contributed by atoms with Crippen molar-refractivity contribution in [3.8, 4) is 0 Å². The Bertz CT molecular complexity index is 989. The molecule has 8 heteroatoms. The van der Waals surface area contributed by atoms with E-state index in [1.165, 1.54) is 36.6 Å². The van der Waals surface area contributed by atoms with Gasteiger partial charge in [-0.2, -0.15) is 0 Å². The van der Waals surface area contributed by atoms with E-state index in [1.54, 1.807) is 13.0 Å². The van der Waals surface area contributed by atoms with Gasteiger partial charge in [0.05, 0.1) is 11.9 Å². The molecule has 0 aliphatic carbocycles. The molecule has 3 rings (SSSR count). The van der Waals surface area contributed by atoms with Crippen LogP contribution in [0.2, 0.25) is 0 Å². The molecule has 6 nitrogen and oxygen atoms in total. The number of nitrogens with zero attached hydrogens (tertiary/aromatic N) is 2. The third-order valence-electron chi connectivity index (χ3n) is 5.51. The highest BCUT2D eigenvalue weighted by atomic mass is 32.2. The minimum absolute atomic E-state index is 0.127. The van der Waals surface area contributed by atoms with Crippen LogP contribution in [-0.2, 0) is 27.9 Å². The number of carbonyl (C=O) groups is 1. The normalized spacial score (nSPS) is 15.6. The summed E-state index contributed by atoms with van der Waals surface area (Å²) in [6, 6.07) is 12.6. The van der Waals surface area contributed by atoms with Gasteiger partial charge in [0.15, 0.2) is 0 Å². The summed E-state index contributed by atoms with van der Waals surface area (Å²) in [5, 5.41) is 2.81. The molecule has 0 radical (unpaired) electrons. The number of anilines is 1. The first-order valence-corrected chi connectivity index (χ1v) is 12.5. The van der Waals surface area contributed by atoms with E-state index in [-0.39, 0.29) is 18.7 Å². The Kier molecular flexibility index (Phi) is 7.67. The number of hydrogen-bond donors (Lipinski definition) is 1. The molecule has 2 aromatic rings. The average Bonchev–Trinajstić information content (AvgIpc) is 3.24. The number of para-hydroxylation sites is 1. The zero-order chi connectivity index (χ0) is 22.4. The number of halogens is 1. The summed E-state index contributed by atoms with van der Waals surface area (Å²) in [5.41, 5.74) is 2.02. The number of amides is 1. The van der Waals surface area contributed by atoms with E-state index in [2.05, 4.69) is 22.3 Å². The molecule has 0 aromatic heterocycles. The molecule has 31 heavy (non-hydrogen) atoms. The Hall–Kier alpha value is -2.45. The summed E-state index contributed by atoms with van der Waals surface area (Å²) in [7, 11) is -3.87. The maximum atomic E-state index is 14.3. The Labute approximate surface area is 184 Å². The van der Waals surface area contributed by atoms with Gasteiger partial charge in [-0.1, -0.05) is 43.3 Å². The highest BCUT2D eigenvalue weighted by Gasteiger charge is 2.32. The van der Waals surface area contributed by atoms with Gasteiger partial charge in [-0.25, -0.2) is 12.8 Å². The van der Waals surface area contributed by atoms with Crippen molar-refractivity contribution >= 4 is 21.6 Å². The van der Waals surface area contributed by atoms with Crippen LogP contribution in [0.4, 0.5) is 10.1 Å². The standard InChI is InChI=1S/C23H30FN3O3S/c1-3-21(27(31(2,29)30)22-9-5-4-8-20(22)24)23(28)25-16-18-10-12-19(13-11-18)17-26-14-6-7-15-26/h4-5,8-13,21H,3,6-7,14-17H2,1-2H3,(H,25,28). The van der Waals surface area contributed by atoms with Crippen LogP contribution in [0.25, 0.3) is 0 Å². The molecule has 1 heterocycles. The fourth-order valence-electron chi connectivity index (χ4n) is 3.93. The maximum absolute atomic E-state index is 14.3. The molecule has 1 N–H and O–H groups in total. The fraction of sp³-hybridized carbons (Fsp3) is 0.435. The van der Waals surface area contributed by atoms with E-state index in [4.69, 9.17) is 0 Å². The predicted molar refractivity (Wildman–Crippen MR) is 121 cm³/mol. The first-order chi connectivity index (χ1) is 14.8. The number of carbonyl (C=O) groups excluding carboxylic acids is 1. The number of hydrogen-bond acceptors (Lipinski definition) is 4. The highest BCUT2D eigenvalue weighted by Crippen LogP contribution is 2.25. The first kappa shape index (κ1) is 23.2. The van der Waals surface area contributed by atoms with Crippen molar-refractivity contribution in [3.05, 3.63) is 65.5 Å². The van der Waals surface area contributed by atoms with Gasteiger partial charge in [0.25, 0.3) is 0 Å². The predicted octanol–water partition coefficient (Wildman–Crippen LogP) is 3.28. The summed E-state index contributed by atoms with van der Waals surface area (Å²) >= 11 is 0. The lowest BCUT2D eigenvalue weighted by molar-refractivity contribution is -0.122. The smallest absolute Gasteiger partial charge is 0.244 e. The molecule has 1 unspecified atom stereocenters. The van der Waals surface area contributed by atoms with Gasteiger partial charge in [0, 0.05) is 13.1 Å². The second-order valence-electron chi connectivity index (χ2n) is 7.95. The second kappa shape index (κ2) is 10.2. The summed E-state index contributed by atoms with van der Waals surface area (Å²) in [5.74, 6) is -1.15. The lowest BCUT2D eigenvalue weighted by atomic mass is 10.1. The van der Waals surface area contributed by atoms with Gasteiger partial charge < -0.3 is 5.32 Å². The lowest BCUT2D eigenvalue weighted by Crippen LogP contribution is -2.49. The summed E-state index contributed by atoms with van der Waals surface area (Å²) in [6.45, 7) is 5.17. The van der Waals surface area contributed by atoms with Gasteiger partial charge in [0.2, 0.25) is 15.9 Å². The molecular weight excluding hydrogens is 417 g/mol. The van der Waals surface area contributed by atoms with Crippen LogP contribution in [0.3, 0.4) is 0 Å². The first-order valence-electron chi connectivity index (χ1n) is 10.6. The van der Waals surface area contributed by atoms with Gasteiger partial charge in [0.1, 0.15) is 11.9 Å². The molecule has 1 saturated heterocycles. The average molecular weight is 448 g/mol. The maximum Gasteiger partial charge on any atom is 0.244 e. The van der Waals surface area contributed by atoms with E-state index >= 15 is 0 Å². The minimum Gasteiger partial charge on any atom is -0.350 e. The number of likely N-dealkylation sites (tertiary alicyclic amines) is 1. The van der Waals surface area contributed by atoms with E-state index < -0.39 is 27.8 Å². The van der Waals surface area contributed by atoms with Gasteiger partial charge in [-0.05, 0) is 55.6 Å². The molecule has 1 aliphatic heterocycles. The molecule has 1 amide bonds. The van der Waals surface area contributed by atoms with Crippen LogP contribution in [-0.4, -0.2) is 44.6 Å². The highest BCUT2D eigenvalue weighted by molar-refractivity contribution is 7.92. The van der Waals surface area contributed by atoms with E-state index in [0.717, 1.165) is 35.8 Å². The topological polar surface area (TPSA) is 69.7 Å². The van der Waals surface area contributed by atoms with E-state index in [1.807, 2.05) is 12.1 Å². The minimum atomic E-state index is -3.87. The number of benzene rings is 2. The number of nitrogens with one attached hydrogen (secondary N) is 1. The van der Waals surface area contributed by atoms with Gasteiger partial charge in [-0.15, -0.1) is 0 Å². The van der Waals surface area contributed by atoms with Crippen molar-refractivity contribution < 1.29 is 17.6 Å². The Morgan fingerprint density at radius 2 is 1.71 bits per heavy atom. The quantitative estimate of drug-likeness (QED) is 0.641. The van der Waals surface area contributed by atoms with Crippen LogP contribution in [0, 0.1) is 5.82 Å².